The molecule has 1 amide bonds. The van der Waals surface area contributed by atoms with Gasteiger partial charge in [0.1, 0.15) is 0 Å². The van der Waals surface area contributed by atoms with Gasteiger partial charge in [-0.1, -0.05) is 29.8 Å². The molecule has 0 fully saturated rings. The molecule has 2 aromatic carbocycles. The second-order valence-electron chi connectivity index (χ2n) is 5.78. The molecule has 0 aliphatic heterocycles. The molecule has 114 valence electrons. The van der Waals surface area contributed by atoms with Crippen molar-refractivity contribution in [3.8, 4) is 0 Å². The van der Waals surface area contributed by atoms with E-state index in [4.69, 9.17) is 17.3 Å². The van der Waals surface area contributed by atoms with Gasteiger partial charge in [0.05, 0.1) is 12.5 Å². The highest BCUT2D eigenvalue weighted by atomic mass is 35.5. The molecule has 3 N–H and O–H groups in total. The molecule has 0 bridgehead atoms. The van der Waals surface area contributed by atoms with Crippen molar-refractivity contribution in [2.24, 2.45) is 0 Å². The van der Waals surface area contributed by atoms with Crippen molar-refractivity contribution in [3.05, 3.63) is 64.2 Å². The molecular formula is C18H19ClN2O. The van der Waals surface area contributed by atoms with Crippen LogP contribution in [0.25, 0.3) is 0 Å². The second kappa shape index (κ2) is 6.41. The topological polar surface area (TPSA) is 55.1 Å². The fourth-order valence-electron chi connectivity index (χ4n) is 3.06. The van der Waals surface area contributed by atoms with Gasteiger partial charge in [0.2, 0.25) is 5.91 Å². The predicted octanol–water partition coefficient (Wildman–Crippen LogP) is 3.66. The quantitative estimate of drug-likeness (QED) is 0.849. The largest absolute Gasteiger partial charge is 0.399 e. The van der Waals surface area contributed by atoms with E-state index < -0.39 is 0 Å². The van der Waals surface area contributed by atoms with Crippen molar-refractivity contribution in [2.45, 2.75) is 31.7 Å². The zero-order valence-electron chi connectivity index (χ0n) is 12.3. The Kier molecular flexibility index (Phi) is 4.34. The van der Waals surface area contributed by atoms with Gasteiger partial charge in [-0.2, -0.15) is 0 Å². The monoisotopic (exact) mass is 314 g/mol. The highest BCUT2D eigenvalue weighted by Gasteiger charge is 2.21. The van der Waals surface area contributed by atoms with Crippen molar-refractivity contribution in [2.75, 3.05) is 5.73 Å². The summed E-state index contributed by atoms with van der Waals surface area (Å²) in [6, 6.07) is 13.5. The number of hydrogen-bond acceptors (Lipinski definition) is 2. The van der Waals surface area contributed by atoms with E-state index in [-0.39, 0.29) is 11.9 Å². The number of fused-ring (bicyclic) bond motifs is 1. The van der Waals surface area contributed by atoms with Crippen LogP contribution in [0.4, 0.5) is 5.69 Å². The third-order valence-corrected chi connectivity index (χ3v) is 4.31. The van der Waals surface area contributed by atoms with Gasteiger partial charge in [0.15, 0.2) is 0 Å². The summed E-state index contributed by atoms with van der Waals surface area (Å²) >= 11 is 5.96. The van der Waals surface area contributed by atoms with Gasteiger partial charge in [-0.25, -0.2) is 0 Å². The minimum absolute atomic E-state index is 0.0249. The summed E-state index contributed by atoms with van der Waals surface area (Å²) in [6.45, 7) is 0. The van der Waals surface area contributed by atoms with Crippen molar-refractivity contribution in [3.63, 3.8) is 0 Å². The van der Waals surface area contributed by atoms with Crippen LogP contribution in [0.1, 0.15) is 35.6 Å². The number of carbonyl (C=O) groups is 1. The number of aryl methyl sites for hydroxylation is 1. The van der Waals surface area contributed by atoms with Crippen molar-refractivity contribution >= 4 is 23.2 Å². The van der Waals surface area contributed by atoms with E-state index in [0.29, 0.717) is 11.4 Å². The molecule has 3 rings (SSSR count). The van der Waals surface area contributed by atoms with E-state index in [1.54, 1.807) is 0 Å². The van der Waals surface area contributed by atoms with Crippen molar-refractivity contribution in [1.29, 1.82) is 0 Å². The number of amides is 1. The third-order valence-electron chi connectivity index (χ3n) is 4.07. The Labute approximate surface area is 135 Å². The maximum atomic E-state index is 12.3. The number of nitrogens with two attached hydrogens (primary N) is 1. The minimum Gasteiger partial charge on any atom is -0.399 e. The first-order valence-corrected chi connectivity index (χ1v) is 7.92. The third kappa shape index (κ3) is 3.42. The number of rotatable bonds is 3. The number of anilines is 1. The van der Waals surface area contributed by atoms with Crippen LogP contribution in [0, 0.1) is 0 Å². The van der Waals surface area contributed by atoms with Crippen molar-refractivity contribution < 1.29 is 4.79 Å². The lowest BCUT2D eigenvalue weighted by Gasteiger charge is -2.26. The summed E-state index contributed by atoms with van der Waals surface area (Å²) in [5.74, 6) is 0.0249. The maximum Gasteiger partial charge on any atom is 0.224 e. The Bertz CT molecular complexity index is 699. The first-order valence-electron chi connectivity index (χ1n) is 7.54. The normalized spacial score (nSPS) is 16.9. The van der Waals surface area contributed by atoms with Gasteiger partial charge >= 0.3 is 0 Å². The summed E-state index contributed by atoms with van der Waals surface area (Å²) < 4.78 is 0. The molecule has 1 aliphatic rings. The lowest BCUT2D eigenvalue weighted by Crippen LogP contribution is -2.32. The van der Waals surface area contributed by atoms with Gasteiger partial charge in [-0.3, -0.25) is 4.79 Å². The molecule has 0 heterocycles. The average molecular weight is 315 g/mol. The SMILES string of the molecule is Nc1ccc2c(c1)CCCC2NC(=O)Cc1cccc(Cl)c1. The summed E-state index contributed by atoms with van der Waals surface area (Å²) in [4.78, 5) is 12.3. The lowest BCUT2D eigenvalue weighted by molar-refractivity contribution is -0.121. The van der Waals surface area contributed by atoms with E-state index in [1.807, 2.05) is 42.5 Å². The Morgan fingerprint density at radius 2 is 2.14 bits per heavy atom. The maximum absolute atomic E-state index is 12.3. The van der Waals surface area contributed by atoms with Crippen molar-refractivity contribution in [1.82, 2.24) is 5.32 Å². The number of nitrogens with one attached hydrogen (secondary N) is 1. The molecule has 0 aromatic heterocycles. The smallest absolute Gasteiger partial charge is 0.224 e. The summed E-state index contributed by atoms with van der Waals surface area (Å²) in [5.41, 5.74) is 10.00. The van der Waals surface area contributed by atoms with E-state index in [1.165, 1.54) is 11.1 Å². The zero-order valence-corrected chi connectivity index (χ0v) is 13.1. The van der Waals surface area contributed by atoms with Crippen LogP contribution < -0.4 is 11.1 Å². The lowest BCUT2D eigenvalue weighted by atomic mass is 9.87. The molecule has 1 unspecified atom stereocenters. The van der Waals surface area contributed by atoms with Crippen LogP contribution in [0.3, 0.4) is 0 Å². The number of hydrogen-bond donors (Lipinski definition) is 2. The molecule has 4 heteroatoms. The van der Waals surface area contributed by atoms with Crippen LogP contribution in [0.5, 0.6) is 0 Å². The van der Waals surface area contributed by atoms with Gasteiger partial charge in [-0.05, 0) is 60.2 Å². The highest BCUT2D eigenvalue weighted by Crippen LogP contribution is 2.31. The van der Waals surface area contributed by atoms with E-state index in [0.717, 1.165) is 30.5 Å². The van der Waals surface area contributed by atoms with Crippen LogP contribution in [-0.2, 0) is 17.6 Å². The van der Waals surface area contributed by atoms with Crippen LogP contribution in [0.15, 0.2) is 42.5 Å². The summed E-state index contributed by atoms with van der Waals surface area (Å²) in [7, 11) is 0. The molecule has 1 atom stereocenters. The molecule has 3 nitrogen and oxygen atoms in total. The van der Waals surface area contributed by atoms with Gasteiger partial charge < -0.3 is 11.1 Å². The molecule has 0 spiro atoms. The molecule has 0 radical (unpaired) electrons. The van der Waals surface area contributed by atoms with E-state index >= 15 is 0 Å². The molecule has 0 saturated heterocycles. The number of carbonyl (C=O) groups excluding carboxylic acids is 1. The predicted molar refractivity (Wildman–Crippen MR) is 89.8 cm³/mol. The second-order valence-corrected chi connectivity index (χ2v) is 6.21. The van der Waals surface area contributed by atoms with Crippen LogP contribution in [-0.4, -0.2) is 5.91 Å². The standard InChI is InChI=1S/C18H19ClN2O/c19-14-5-1-3-12(9-14)10-18(22)21-17-6-2-4-13-11-15(20)7-8-16(13)17/h1,3,5,7-9,11,17H,2,4,6,10,20H2,(H,21,22). The van der Waals surface area contributed by atoms with Crippen LogP contribution >= 0.6 is 11.6 Å². The fraction of sp³-hybridized carbons (Fsp3) is 0.278. The Morgan fingerprint density at radius 1 is 1.27 bits per heavy atom. The number of halogens is 1. The molecule has 1 aliphatic carbocycles. The molecule has 22 heavy (non-hydrogen) atoms. The Hall–Kier alpha value is -2.00. The van der Waals surface area contributed by atoms with Gasteiger partial charge in [0, 0.05) is 10.7 Å². The number of benzene rings is 2. The first-order chi connectivity index (χ1) is 10.6. The molecule has 2 aromatic rings. The average Bonchev–Trinajstić information content (AvgIpc) is 2.47. The highest BCUT2D eigenvalue weighted by molar-refractivity contribution is 6.30. The van der Waals surface area contributed by atoms with E-state index in [9.17, 15) is 4.79 Å². The molecule has 0 saturated carbocycles. The summed E-state index contributed by atoms with van der Waals surface area (Å²) in [5, 5.41) is 3.80. The summed E-state index contributed by atoms with van der Waals surface area (Å²) in [6.07, 6.45) is 3.42. The first kappa shape index (κ1) is 14.9. The Morgan fingerprint density at radius 3 is 2.95 bits per heavy atom. The zero-order chi connectivity index (χ0) is 15.5. The number of nitrogen functional groups attached to an aromatic ring is 1. The van der Waals surface area contributed by atoms with Gasteiger partial charge in [-0.15, -0.1) is 0 Å². The Balaban J connectivity index is 1.70. The molecular weight excluding hydrogens is 296 g/mol. The van der Waals surface area contributed by atoms with Crippen LogP contribution in [0.2, 0.25) is 5.02 Å². The fourth-order valence-corrected chi connectivity index (χ4v) is 3.27. The van der Waals surface area contributed by atoms with Gasteiger partial charge in [0.25, 0.3) is 0 Å². The minimum atomic E-state index is 0.0249. The van der Waals surface area contributed by atoms with E-state index in [2.05, 4.69) is 5.32 Å².